The summed E-state index contributed by atoms with van der Waals surface area (Å²) in [6.45, 7) is 1.32. The molecule has 1 atom stereocenters. The van der Waals surface area contributed by atoms with Gasteiger partial charge in [-0.15, -0.1) is 0 Å². The lowest BCUT2D eigenvalue weighted by Gasteiger charge is -2.09. The zero-order valence-electron chi connectivity index (χ0n) is 11.4. The molecule has 0 unspecified atom stereocenters. The molecule has 3 nitrogen and oxygen atoms in total. The fraction of sp³-hybridized carbons (Fsp3) is 0.222. The van der Waals surface area contributed by atoms with Crippen LogP contribution in [0.3, 0.4) is 0 Å². The number of benzene rings is 1. The predicted molar refractivity (Wildman–Crippen MR) is 47.2 cm³/mol. The van der Waals surface area contributed by atoms with E-state index in [1.165, 1.54) is 6.92 Å². The number of carboxylic acid groups (broad SMARTS) is 1. The van der Waals surface area contributed by atoms with E-state index in [0.29, 0.717) is 0 Å². The van der Waals surface area contributed by atoms with Crippen molar-refractivity contribution in [1.82, 2.24) is 0 Å². The van der Waals surface area contributed by atoms with Gasteiger partial charge in [0.1, 0.15) is 6.04 Å². The first kappa shape index (κ1) is 3.94. The SMILES string of the molecule is [2H]c1c([2H])c([2H])c(N[C@@H](C)C(=O)O)c([2H])c1[2H]. The molecule has 0 bridgehead atoms. The minimum absolute atomic E-state index is 0.203. The van der Waals surface area contributed by atoms with Crippen LogP contribution in [0, 0.1) is 0 Å². The summed E-state index contributed by atoms with van der Waals surface area (Å²) in [6, 6.07) is -3.42. The quantitative estimate of drug-likeness (QED) is 0.724. The Balaban J connectivity index is 3.30. The molecule has 0 radical (unpaired) electrons. The number of nitrogens with one attached hydrogen (secondary N) is 1. The Morgan fingerprint density at radius 2 is 2.17 bits per heavy atom. The molecule has 0 saturated heterocycles. The second-order valence-corrected chi connectivity index (χ2v) is 2.20. The summed E-state index contributed by atoms with van der Waals surface area (Å²) in [5.74, 6) is -1.17. The highest BCUT2D eigenvalue weighted by molar-refractivity contribution is 5.76. The van der Waals surface area contributed by atoms with Gasteiger partial charge >= 0.3 is 5.97 Å². The summed E-state index contributed by atoms with van der Waals surface area (Å²) in [5.41, 5.74) is -0.203. The van der Waals surface area contributed by atoms with Gasteiger partial charge in [0.2, 0.25) is 0 Å². The van der Waals surface area contributed by atoms with E-state index in [1.54, 1.807) is 0 Å². The van der Waals surface area contributed by atoms with Crippen LogP contribution >= 0.6 is 0 Å². The molecule has 0 aliphatic rings. The number of hydrogen-bond donors (Lipinski definition) is 2. The second kappa shape index (κ2) is 3.76. The predicted octanol–water partition coefficient (Wildman–Crippen LogP) is 1.57. The zero-order valence-corrected chi connectivity index (χ0v) is 6.43. The summed E-state index contributed by atoms with van der Waals surface area (Å²) >= 11 is 0. The van der Waals surface area contributed by atoms with Gasteiger partial charge in [0.15, 0.2) is 0 Å². The van der Waals surface area contributed by atoms with Gasteiger partial charge in [-0.05, 0) is 19.0 Å². The van der Waals surface area contributed by atoms with E-state index < -0.39 is 42.2 Å². The third kappa shape index (κ3) is 2.27. The van der Waals surface area contributed by atoms with E-state index in [1.807, 2.05) is 0 Å². The van der Waals surface area contributed by atoms with Gasteiger partial charge < -0.3 is 10.4 Å². The molecule has 0 heterocycles. The Hall–Kier alpha value is -1.51. The van der Waals surface area contributed by atoms with Crippen molar-refractivity contribution >= 4 is 11.7 Å². The van der Waals surface area contributed by atoms with Gasteiger partial charge in [0.25, 0.3) is 0 Å². The molecule has 0 aromatic heterocycles. The average molecular weight is 170 g/mol. The van der Waals surface area contributed by atoms with Crippen LogP contribution in [-0.2, 0) is 4.79 Å². The Morgan fingerprint density at radius 3 is 2.67 bits per heavy atom. The summed E-state index contributed by atoms with van der Waals surface area (Å²) in [4.78, 5) is 10.6. The highest BCUT2D eigenvalue weighted by Gasteiger charge is 2.08. The minimum atomic E-state index is -1.17. The molecule has 1 rings (SSSR count). The lowest BCUT2D eigenvalue weighted by molar-refractivity contribution is -0.137. The van der Waals surface area contributed by atoms with Crippen molar-refractivity contribution in [2.75, 3.05) is 5.32 Å². The van der Waals surface area contributed by atoms with Gasteiger partial charge in [-0.3, -0.25) is 4.79 Å². The number of carbonyl (C=O) groups is 1. The van der Waals surface area contributed by atoms with E-state index in [0.717, 1.165) is 0 Å². The van der Waals surface area contributed by atoms with Crippen molar-refractivity contribution in [3.63, 3.8) is 0 Å². The highest BCUT2D eigenvalue weighted by atomic mass is 16.4. The molecule has 0 aliphatic carbocycles. The standard InChI is InChI=1S/C9H11NO2/c1-7(9(11)12)10-8-5-3-2-4-6-8/h2-7,10H,1H3,(H,11,12)/t7-/m0/s1/i2D,3D,4D,5D,6D. The molecule has 0 saturated carbocycles. The van der Waals surface area contributed by atoms with Crippen molar-refractivity contribution in [2.45, 2.75) is 13.0 Å². The van der Waals surface area contributed by atoms with E-state index in [-0.39, 0.29) is 5.69 Å². The molecular formula is C9H11NO2. The molecule has 12 heavy (non-hydrogen) atoms. The first-order chi connectivity index (χ1) is 7.77. The summed E-state index contributed by atoms with van der Waals surface area (Å²) in [6.07, 6.45) is 0. The Kier molecular flexibility index (Phi) is 1.23. The first-order valence-corrected chi connectivity index (χ1v) is 3.33. The molecule has 0 amide bonds. The Morgan fingerprint density at radius 1 is 1.58 bits per heavy atom. The zero-order chi connectivity index (χ0) is 13.3. The number of anilines is 1. The van der Waals surface area contributed by atoms with Gasteiger partial charge in [-0.25, -0.2) is 0 Å². The van der Waals surface area contributed by atoms with Crippen molar-refractivity contribution < 1.29 is 16.8 Å². The van der Waals surface area contributed by atoms with Crippen LogP contribution in [0.15, 0.2) is 30.2 Å². The van der Waals surface area contributed by atoms with Crippen LogP contribution in [0.2, 0.25) is 0 Å². The number of hydrogen-bond acceptors (Lipinski definition) is 2. The molecule has 3 heteroatoms. The van der Waals surface area contributed by atoms with Crippen LogP contribution in [0.5, 0.6) is 0 Å². The van der Waals surface area contributed by atoms with E-state index in [2.05, 4.69) is 5.32 Å². The summed E-state index contributed by atoms with van der Waals surface area (Å²) in [7, 11) is 0. The molecular weight excluding hydrogens is 154 g/mol. The molecule has 64 valence electrons. The third-order valence-corrected chi connectivity index (χ3v) is 1.23. The van der Waals surface area contributed by atoms with Crippen molar-refractivity contribution in [3.05, 3.63) is 30.2 Å². The van der Waals surface area contributed by atoms with Crippen LogP contribution in [0.1, 0.15) is 13.8 Å². The number of rotatable bonds is 3. The third-order valence-electron chi connectivity index (χ3n) is 1.23. The molecule has 1 aromatic carbocycles. The molecule has 0 spiro atoms. The minimum Gasteiger partial charge on any atom is -0.480 e. The average Bonchev–Trinajstić information content (AvgIpc) is 2.29. The van der Waals surface area contributed by atoms with Crippen molar-refractivity contribution in [2.24, 2.45) is 0 Å². The normalized spacial score (nSPS) is 17.9. The van der Waals surface area contributed by atoms with E-state index in [4.69, 9.17) is 12.0 Å². The van der Waals surface area contributed by atoms with Crippen LogP contribution in [0.4, 0.5) is 5.69 Å². The second-order valence-electron chi connectivity index (χ2n) is 2.20. The lowest BCUT2D eigenvalue weighted by Crippen LogP contribution is -2.25. The smallest absolute Gasteiger partial charge is 0.325 e. The highest BCUT2D eigenvalue weighted by Crippen LogP contribution is 2.06. The Labute approximate surface area is 78.1 Å². The van der Waals surface area contributed by atoms with Gasteiger partial charge in [0, 0.05) is 5.69 Å². The van der Waals surface area contributed by atoms with Gasteiger partial charge in [-0.1, -0.05) is 18.1 Å². The van der Waals surface area contributed by atoms with Crippen LogP contribution in [0.25, 0.3) is 0 Å². The largest absolute Gasteiger partial charge is 0.480 e. The van der Waals surface area contributed by atoms with E-state index in [9.17, 15) is 4.79 Å². The maximum Gasteiger partial charge on any atom is 0.325 e. The van der Waals surface area contributed by atoms with Crippen molar-refractivity contribution in [1.29, 1.82) is 0 Å². The fourth-order valence-electron chi connectivity index (χ4n) is 0.600. The van der Waals surface area contributed by atoms with Crippen LogP contribution in [-0.4, -0.2) is 17.1 Å². The molecule has 0 aliphatic heterocycles. The maximum atomic E-state index is 10.6. The Bertz CT molecular complexity index is 448. The molecule has 0 fully saturated rings. The number of carboxylic acids is 1. The van der Waals surface area contributed by atoms with E-state index >= 15 is 0 Å². The first-order valence-electron chi connectivity index (χ1n) is 5.83. The maximum absolute atomic E-state index is 10.6. The van der Waals surface area contributed by atoms with Gasteiger partial charge in [0.05, 0.1) is 6.85 Å². The monoisotopic (exact) mass is 170 g/mol. The van der Waals surface area contributed by atoms with Crippen LogP contribution < -0.4 is 5.32 Å². The van der Waals surface area contributed by atoms with Crippen molar-refractivity contribution in [3.8, 4) is 0 Å². The fourth-order valence-corrected chi connectivity index (χ4v) is 0.600. The lowest BCUT2D eigenvalue weighted by atomic mass is 10.3. The van der Waals surface area contributed by atoms with Gasteiger partial charge in [-0.2, -0.15) is 0 Å². The molecule has 1 aromatic rings. The topological polar surface area (TPSA) is 49.3 Å². The molecule has 2 N–H and O–H groups in total. The number of para-hydroxylation sites is 1. The summed E-state index contributed by atoms with van der Waals surface area (Å²) < 4.78 is 37.2. The summed E-state index contributed by atoms with van der Waals surface area (Å²) in [5, 5.41) is 11.1. The number of aliphatic carboxylic acids is 1.